The maximum absolute atomic E-state index is 14.8. The minimum atomic E-state index is -0.435. The van der Waals surface area contributed by atoms with E-state index in [9.17, 15) is 9.18 Å². The number of hydrogen-bond acceptors (Lipinski definition) is 3. The maximum atomic E-state index is 14.8. The van der Waals surface area contributed by atoms with Crippen LogP contribution in [0.25, 0.3) is 22.0 Å². The Morgan fingerprint density at radius 2 is 1.77 bits per heavy atom. The van der Waals surface area contributed by atoms with Gasteiger partial charge in [0.05, 0.1) is 29.6 Å². The molecule has 0 aliphatic rings. The Hall–Kier alpha value is -3.15. The summed E-state index contributed by atoms with van der Waals surface area (Å²) in [5, 5.41) is 3.94. The van der Waals surface area contributed by atoms with Crippen LogP contribution in [0.5, 0.6) is 5.75 Å². The molecule has 0 unspecified atom stereocenters. The molecule has 0 bridgehead atoms. The third-order valence-electron chi connectivity index (χ3n) is 4.85. The highest BCUT2D eigenvalue weighted by molar-refractivity contribution is 6.31. The second-order valence-electron chi connectivity index (χ2n) is 6.74. The average Bonchev–Trinajstić information content (AvgIpc) is 2.74. The van der Waals surface area contributed by atoms with Crippen LogP contribution in [0.2, 0.25) is 5.02 Å². The van der Waals surface area contributed by atoms with Crippen LogP contribution in [0.15, 0.2) is 66.7 Å². The number of nitrogens with zero attached hydrogens (tertiary/aromatic N) is 1. The Balaban J connectivity index is 0.00000272. The van der Waals surface area contributed by atoms with Crippen LogP contribution in [-0.2, 0) is 0 Å². The fraction of sp³-hybridized carbons (Fsp3) is 0.0833. The standard InChI is InChI=1S/C24H18ClFN2O2.ClH/c1-14-22(24(29)28-20-9-5-6-10-21(20)30-2)23(16-7-3-4-8-18(16)26)17-13-15(25)11-12-19(17)27-14;/h3-13H,1-2H3,(H,28,29);1H/p-1. The summed E-state index contributed by atoms with van der Waals surface area (Å²) in [6.07, 6.45) is 0. The number of halogens is 3. The number of nitrogens with one attached hydrogen (secondary N) is 1. The number of anilines is 1. The van der Waals surface area contributed by atoms with Crippen molar-refractivity contribution >= 4 is 34.1 Å². The molecular formula is C24H18Cl2FN2O2-. The first-order valence-corrected chi connectivity index (χ1v) is 9.66. The van der Waals surface area contributed by atoms with E-state index in [4.69, 9.17) is 16.3 Å². The molecule has 0 saturated carbocycles. The molecule has 0 saturated heterocycles. The van der Waals surface area contributed by atoms with Crippen LogP contribution >= 0.6 is 11.6 Å². The molecule has 7 heteroatoms. The lowest BCUT2D eigenvalue weighted by molar-refractivity contribution is -0.0000145. The lowest BCUT2D eigenvalue weighted by atomic mass is 9.93. The van der Waals surface area contributed by atoms with Crippen molar-refractivity contribution in [2.45, 2.75) is 6.92 Å². The largest absolute Gasteiger partial charge is 1.00 e. The van der Waals surface area contributed by atoms with Crippen LogP contribution in [0.1, 0.15) is 16.1 Å². The van der Waals surface area contributed by atoms with Gasteiger partial charge in [0.1, 0.15) is 11.6 Å². The van der Waals surface area contributed by atoms with Gasteiger partial charge in [-0.15, -0.1) is 0 Å². The smallest absolute Gasteiger partial charge is 0.258 e. The molecule has 4 rings (SSSR count). The van der Waals surface area contributed by atoms with Crippen LogP contribution < -0.4 is 22.5 Å². The Labute approximate surface area is 190 Å². The number of aryl methyl sites for hydroxylation is 1. The molecule has 31 heavy (non-hydrogen) atoms. The second-order valence-corrected chi connectivity index (χ2v) is 7.18. The number of benzene rings is 3. The summed E-state index contributed by atoms with van der Waals surface area (Å²) in [6.45, 7) is 1.73. The molecule has 0 aliphatic carbocycles. The molecule has 4 nitrogen and oxygen atoms in total. The van der Waals surface area contributed by atoms with Crippen molar-refractivity contribution in [3.8, 4) is 16.9 Å². The van der Waals surface area contributed by atoms with Gasteiger partial charge in [0.25, 0.3) is 5.91 Å². The summed E-state index contributed by atoms with van der Waals surface area (Å²) in [6, 6.07) is 18.6. The molecule has 0 atom stereocenters. The molecule has 0 aliphatic heterocycles. The second kappa shape index (κ2) is 9.33. The number of ether oxygens (including phenoxy) is 1. The lowest BCUT2D eigenvalue weighted by Gasteiger charge is -2.17. The number of carbonyl (C=O) groups excluding carboxylic acids is 1. The van der Waals surface area contributed by atoms with E-state index >= 15 is 0 Å². The van der Waals surface area contributed by atoms with Gasteiger partial charge >= 0.3 is 0 Å². The fourth-order valence-corrected chi connectivity index (χ4v) is 3.68. The van der Waals surface area contributed by atoms with Crippen LogP contribution in [0.4, 0.5) is 10.1 Å². The van der Waals surface area contributed by atoms with Gasteiger partial charge in [0.2, 0.25) is 0 Å². The highest BCUT2D eigenvalue weighted by Crippen LogP contribution is 2.36. The number of rotatable bonds is 4. The lowest BCUT2D eigenvalue weighted by Crippen LogP contribution is -3.00. The SMILES string of the molecule is COc1ccccc1NC(=O)c1c(C)nc2ccc(Cl)cc2c1-c1ccccc1F.[Cl-]. The maximum Gasteiger partial charge on any atom is 0.258 e. The highest BCUT2D eigenvalue weighted by Gasteiger charge is 2.23. The number of amides is 1. The normalized spacial score (nSPS) is 10.5. The van der Waals surface area contributed by atoms with E-state index in [1.165, 1.54) is 13.2 Å². The Morgan fingerprint density at radius 3 is 2.52 bits per heavy atom. The summed E-state index contributed by atoms with van der Waals surface area (Å²) in [7, 11) is 1.53. The van der Waals surface area contributed by atoms with Gasteiger partial charge in [-0.1, -0.05) is 41.9 Å². The number of aromatic nitrogens is 1. The summed E-state index contributed by atoms with van der Waals surface area (Å²) < 4.78 is 20.1. The molecule has 0 spiro atoms. The first-order valence-electron chi connectivity index (χ1n) is 9.28. The van der Waals surface area contributed by atoms with E-state index in [1.54, 1.807) is 61.5 Å². The molecule has 0 radical (unpaired) electrons. The van der Waals surface area contributed by atoms with E-state index in [2.05, 4.69) is 10.3 Å². The number of hydrogen-bond donors (Lipinski definition) is 1. The van der Waals surface area contributed by atoms with Crippen LogP contribution in [-0.4, -0.2) is 18.0 Å². The highest BCUT2D eigenvalue weighted by atomic mass is 35.5. The van der Waals surface area contributed by atoms with Crippen molar-refractivity contribution in [2.75, 3.05) is 12.4 Å². The number of pyridine rings is 1. The molecular weight excluding hydrogens is 438 g/mol. The van der Waals surface area contributed by atoms with Crippen molar-refractivity contribution in [2.24, 2.45) is 0 Å². The van der Waals surface area contributed by atoms with E-state index in [1.807, 2.05) is 6.07 Å². The average molecular weight is 456 g/mol. The van der Waals surface area contributed by atoms with E-state index in [-0.39, 0.29) is 18.0 Å². The summed E-state index contributed by atoms with van der Waals surface area (Å²) in [5.74, 6) is -0.326. The van der Waals surface area contributed by atoms with Gasteiger partial charge in [-0.2, -0.15) is 0 Å². The van der Waals surface area contributed by atoms with Crippen molar-refractivity contribution in [1.29, 1.82) is 0 Å². The first-order chi connectivity index (χ1) is 14.5. The van der Waals surface area contributed by atoms with Gasteiger partial charge in [-0.05, 0) is 43.3 Å². The minimum absolute atomic E-state index is 0. The number of fused-ring (bicyclic) bond motifs is 1. The number of para-hydroxylation sites is 2. The van der Waals surface area contributed by atoms with Crippen LogP contribution in [0, 0.1) is 12.7 Å². The molecule has 158 valence electrons. The van der Waals surface area contributed by atoms with Gasteiger partial charge in [-0.25, -0.2) is 4.39 Å². The zero-order valence-electron chi connectivity index (χ0n) is 16.7. The van der Waals surface area contributed by atoms with Crippen LogP contribution in [0.3, 0.4) is 0 Å². The quantitative estimate of drug-likeness (QED) is 0.513. The van der Waals surface area contributed by atoms with Crippen molar-refractivity contribution < 1.29 is 26.3 Å². The Morgan fingerprint density at radius 1 is 1.06 bits per heavy atom. The van der Waals surface area contributed by atoms with Gasteiger partial charge in [0, 0.05) is 21.5 Å². The molecule has 1 heterocycles. The summed E-state index contributed by atoms with van der Waals surface area (Å²) in [4.78, 5) is 17.9. The zero-order valence-corrected chi connectivity index (χ0v) is 18.3. The van der Waals surface area contributed by atoms with Crippen molar-refractivity contribution in [3.63, 3.8) is 0 Å². The molecule has 1 aromatic heterocycles. The number of carbonyl (C=O) groups is 1. The number of methoxy groups -OCH3 is 1. The molecule has 3 aromatic carbocycles. The van der Waals surface area contributed by atoms with E-state index in [0.717, 1.165) is 0 Å². The molecule has 4 aromatic rings. The predicted molar refractivity (Wildman–Crippen MR) is 118 cm³/mol. The topological polar surface area (TPSA) is 51.2 Å². The van der Waals surface area contributed by atoms with Gasteiger partial charge < -0.3 is 22.5 Å². The first kappa shape index (κ1) is 22.5. The third kappa shape index (κ3) is 4.33. The fourth-order valence-electron chi connectivity index (χ4n) is 3.51. The van der Waals surface area contributed by atoms with Gasteiger partial charge in [0.15, 0.2) is 0 Å². The van der Waals surface area contributed by atoms with E-state index in [0.29, 0.717) is 44.2 Å². The van der Waals surface area contributed by atoms with Crippen molar-refractivity contribution in [3.05, 3.63) is 88.8 Å². The van der Waals surface area contributed by atoms with E-state index < -0.39 is 11.7 Å². The van der Waals surface area contributed by atoms with Gasteiger partial charge in [-0.3, -0.25) is 9.78 Å². The predicted octanol–water partition coefficient (Wildman–Crippen LogP) is 3.27. The molecule has 1 N–H and O–H groups in total. The summed E-state index contributed by atoms with van der Waals surface area (Å²) in [5.41, 5.74) is 2.65. The summed E-state index contributed by atoms with van der Waals surface area (Å²) >= 11 is 6.22. The monoisotopic (exact) mass is 455 g/mol. The molecule has 0 fully saturated rings. The minimum Gasteiger partial charge on any atom is -1.00 e. The Kier molecular flexibility index (Phi) is 6.78. The zero-order chi connectivity index (χ0) is 21.3. The van der Waals surface area contributed by atoms with Crippen molar-refractivity contribution in [1.82, 2.24) is 4.98 Å². The Bertz CT molecular complexity index is 1280. The molecule has 1 amide bonds. The third-order valence-corrected chi connectivity index (χ3v) is 5.09.